The number of aromatic nitrogens is 5. The molecule has 0 unspecified atom stereocenters. The van der Waals surface area contributed by atoms with Gasteiger partial charge < -0.3 is 11.1 Å². The molecule has 3 N–H and O–H groups in total. The molecule has 3 aromatic rings. The third-order valence-electron chi connectivity index (χ3n) is 2.79. The van der Waals surface area contributed by atoms with Crippen molar-refractivity contribution in [3.8, 4) is 5.82 Å². The first-order valence-electron chi connectivity index (χ1n) is 6.08. The monoisotopic (exact) mass is 267 g/mol. The molecule has 0 atom stereocenters. The van der Waals surface area contributed by atoms with Crippen molar-refractivity contribution >= 4 is 11.5 Å². The van der Waals surface area contributed by atoms with Gasteiger partial charge in [0.05, 0.1) is 0 Å². The number of rotatable bonds is 4. The molecule has 0 amide bonds. The molecule has 3 heterocycles. The highest BCUT2D eigenvalue weighted by molar-refractivity contribution is 5.68. The number of hydrogen-bond donors (Lipinski definition) is 2. The van der Waals surface area contributed by atoms with Crippen LogP contribution in [0.2, 0.25) is 0 Å². The Morgan fingerprint density at radius 1 is 1.15 bits per heavy atom. The Bertz CT molecular complexity index is 679. The Morgan fingerprint density at radius 3 is 2.75 bits per heavy atom. The summed E-state index contributed by atoms with van der Waals surface area (Å²) in [6, 6.07) is 5.67. The maximum absolute atomic E-state index is 6.08. The number of pyridine rings is 1. The van der Waals surface area contributed by atoms with Gasteiger partial charge in [-0.05, 0) is 23.8 Å². The van der Waals surface area contributed by atoms with Crippen LogP contribution in [-0.2, 0) is 6.54 Å². The van der Waals surface area contributed by atoms with Crippen molar-refractivity contribution in [3.63, 3.8) is 0 Å². The van der Waals surface area contributed by atoms with Gasteiger partial charge in [-0.3, -0.25) is 4.98 Å². The lowest BCUT2D eigenvalue weighted by Crippen LogP contribution is -2.10. The number of nitrogens with one attached hydrogen (secondary N) is 1. The van der Waals surface area contributed by atoms with Gasteiger partial charge in [0, 0.05) is 31.3 Å². The molecule has 0 aliphatic heterocycles. The van der Waals surface area contributed by atoms with Crippen molar-refractivity contribution in [2.45, 2.75) is 6.54 Å². The number of nitrogens with zero attached hydrogens (tertiary/aromatic N) is 5. The minimum atomic E-state index is 0.463. The Labute approximate surface area is 115 Å². The molecule has 0 radical (unpaired) electrons. The minimum absolute atomic E-state index is 0.463. The lowest BCUT2D eigenvalue weighted by atomic mass is 10.2. The van der Waals surface area contributed by atoms with Crippen LogP contribution in [0.25, 0.3) is 5.82 Å². The van der Waals surface area contributed by atoms with Gasteiger partial charge in [-0.25, -0.2) is 14.6 Å². The minimum Gasteiger partial charge on any atom is -0.393 e. The van der Waals surface area contributed by atoms with E-state index in [4.69, 9.17) is 5.73 Å². The van der Waals surface area contributed by atoms with E-state index in [0.29, 0.717) is 23.9 Å². The topological polar surface area (TPSA) is 94.5 Å². The van der Waals surface area contributed by atoms with Crippen molar-refractivity contribution in [1.82, 2.24) is 24.7 Å². The van der Waals surface area contributed by atoms with Crippen molar-refractivity contribution in [2.75, 3.05) is 11.1 Å². The van der Waals surface area contributed by atoms with Gasteiger partial charge in [0.15, 0.2) is 11.6 Å². The molecule has 20 heavy (non-hydrogen) atoms. The predicted molar refractivity (Wildman–Crippen MR) is 75.1 cm³/mol. The number of nitrogens with two attached hydrogens (primary N) is 1. The van der Waals surface area contributed by atoms with Crippen LogP contribution in [0.4, 0.5) is 11.5 Å². The van der Waals surface area contributed by atoms with E-state index in [1.54, 1.807) is 29.5 Å². The summed E-state index contributed by atoms with van der Waals surface area (Å²) < 4.78 is 1.61. The highest BCUT2D eigenvalue weighted by atomic mass is 15.3. The first-order chi connectivity index (χ1) is 9.84. The van der Waals surface area contributed by atoms with Crippen molar-refractivity contribution in [1.29, 1.82) is 0 Å². The fourth-order valence-electron chi connectivity index (χ4n) is 1.79. The molecule has 0 spiro atoms. The summed E-state index contributed by atoms with van der Waals surface area (Å²) in [4.78, 5) is 12.3. The van der Waals surface area contributed by atoms with Gasteiger partial charge in [0.25, 0.3) is 0 Å². The van der Waals surface area contributed by atoms with Gasteiger partial charge in [-0.1, -0.05) is 0 Å². The molecular formula is C13H13N7. The molecule has 0 saturated heterocycles. The van der Waals surface area contributed by atoms with Gasteiger partial charge in [0.2, 0.25) is 0 Å². The van der Waals surface area contributed by atoms with Crippen LogP contribution < -0.4 is 11.1 Å². The second-order valence-corrected chi connectivity index (χ2v) is 4.12. The number of hydrogen-bond acceptors (Lipinski definition) is 6. The van der Waals surface area contributed by atoms with E-state index in [1.807, 2.05) is 18.2 Å². The molecule has 0 fully saturated rings. The summed E-state index contributed by atoms with van der Waals surface area (Å²) >= 11 is 0. The highest BCUT2D eigenvalue weighted by Gasteiger charge is 2.09. The standard InChI is InChI=1S/C13H13N7/c14-11-12(16-8-10-2-5-15-6-3-10)17-9-18-13(11)20-7-1-4-19-20/h1-7,9H,8,14H2,(H,16,17,18). The molecule has 0 aliphatic rings. The van der Waals surface area contributed by atoms with Crippen LogP contribution in [0.3, 0.4) is 0 Å². The molecule has 100 valence electrons. The molecule has 0 bridgehead atoms. The van der Waals surface area contributed by atoms with Crippen LogP contribution in [0.1, 0.15) is 5.56 Å². The smallest absolute Gasteiger partial charge is 0.181 e. The van der Waals surface area contributed by atoms with Crippen LogP contribution in [0.5, 0.6) is 0 Å². The second kappa shape index (κ2) is 5.35. The van der Waals surface area contributed by atoms with Crippen LogP contribution in [0.15, 0.2) is 49.3 Å². The first kappa shape index (κ1) is 12.1. The van der Waals surface area contributed by atoms with E-state index in [0.717, 1.165) is 5.56 Å². The fraction of sp³-hybridized carbons (Fsp3) is 0.0769. The number of nitrogen functional groups attached to an aromatic ring is 1. The third-order valence-corrected chi connectivity index (χ3v) is 2.79. The zero-order valence-electron chi connectivity index (χ0n) is 10.6. The fourth-order valence-corrected chi connectivity index (χ4v) is 1.79. The molecular weight excluding hydrogens is 254 g/mol. The summed E-state index contributed by atoms with van der Waals surface area (Å²) in [7, 11) is 0. The highest BCUT2D eigenvalue weighted by Crippen LogP contribution is 2.21. The SMILES string of the molecule is Nc1c(NCc2ccncc2)ncnc1-n1cccn1. The van der Waals surface area contributed by atoms with E-state index in [9.17, 15) is 0 Å². The Balaban J connectivity index is 1.82. The van der Waals surface area contributed by atoms with Crippen molar-refractivity contribution in [3.05, 3.63) is 54.9 Å². The van der Waals surface area contributed by atoms with E-state index >= 15 is 0 Å². The molecule has 7 nitrogen and oxygen atoms in total. The summed E-state index contributed by atoms with van der Waals surface area (Å²) in [6.07, 6.45) is 8.41. The average Bonchev–Trinajstić information content (AvgIpc) is 3.01. The summed E-state index contributed by atoms with van der Waals surface area (Å²) in [5.41, 5.74) is 7.64. The van der Waals surface area contributed by atoms with Gasteiger partial charge in [-0.2, -0.15) is 5.10 Å². The van der Waals surface area contributed by atoms with Gasteiger partial charge >= 0.3 is 0 Å². The van der Waals surface area contributed by atoms with Gasteiger partial charge in [0.1, 0.15) is 12.0 Å². The lowest BCUT2D eigenvalue weighted by Gasteiger charge is -2.10. The number of anilines is 2. The summed E-state index contributed by atoms with van der Waals surface area (Å²) in [5.74, 6) is 1.14. The molecule has 7 heteroatoms. The van der Waals surface area contributed by atoms with Crippen molar-refractivity contribution < 1.29 is 0 Å². The molecule has 0 saturated carbocycles. The largest absolute Gasteiger partial charge is 0.393 e. The molecule has 3 aromatic heterocycles. The Hall–Kier alpha value is -2.96. The zero-order chi connectivity index (χ0) is 13.8. The lowest BCUT2D eigenvalue weighted by molar-refractivity contribution is 0.842. The Kier molecular flexibility index (Phi) is 3.24. The maximum Gasteiger partial charge on any atom is 0.181 e. The first-order valence-corrected chi connectivity index (χ1v) is 6.08. The zero-order valence-corrected chi connectivity index (χ0v) is 10.6. The third kappa shape index (κ3) is 2.41. The molecule has 3 rings (SSSR count). The van der Waals surface area contributed by atoms with E-state index in [-0.39, 0.29) is 0 Å². The summed E-state index contributed by atoms with van der Waals surface area (Å²) in [5, 5.41) is 7.30. The van der Waals surface area contributed by atoms with E-state index in [2.05, 4.69) is 25.4 Å². The van der Waals surface area contributed by atoms with Crippen LogP contribution in [-0.4, -0.2) is 24.7 Å². The summed E-state index contributed by atoms with van der Waals surface area (Å²) in [6.45, 7) is 0.613. The van der Waals surface area contributed by atoms with Crippen molar-refractivity contribution in [2.24, 2.45) is 0 Å². The predicted octanol–water partition coefficient (Wildman–Crippen LogP) is 1.25. The quantitative estimate of drug-likeness (QED) is 0.738. The van der Waals surface area contributed by atoms with Crippen LogP contribution in [0, 0.1) is 0 Å². The normalized spacial score (nSPS) is 10.4. The van der Waals surface area contributed by atoms with E-state index < -0.39 is 0 Å². The maximum atomic E-state index is 6.08. The molecule has 0 aliphatic carbocycles. The van der Waals surface area contributed by atoms with Crippen LogP contribution >= 0.6 is 0 Å². The molecule has 0 aromatic carbocycles. The average molecular weight is 267 g/mol. The second-order valence-electron chi connectivity index (χ2n) is 4.12. The van der Waals surface area contributed by atoms with Gasteiger partial charge in [-0.15, -0.1) is 0 Å². The van der Waals surface area contributed by atoms with E-state index in [1.165, 1.54) is 6.33 Å². The Morgan fingerprint density at radius 2 is 2.00 bits per heavy atom.